The number of rotatable bonds is 10. The number of hydrogen-bond acceptors (Lipinski definition) is 5. The summed E-state index contributed by atoms with van der Waals surface area (Å²) in [4.78, 5) is 26.6. The summed E-state index contributed by atoms with van der Waals surface area (Å²) in [5, 5.41) is 10.6. The predicted octanol–water partition coefficient (Wildman–Crippen LogP) is 4.13. The van der Waals surface area contributed by atoms with Gasteiger partial charge in [-0.15, -0.1) is 0 Å². The Kier molecular flexibility index (Phi) is 7.68. The van der Waals surface area contributed by atoms with Crippen molar-refractivity contribution in [2.75, 3.05) is 18.0 Å². The molecule has 188 valence electrons. The Morgan fingerprint density at radius 1 is 0.806 bits per heavy atom. The second kappa shape index (κ2) is 10.7. The molecule has 1 atom stereocenters. The van der Waals surface area contributed by atoms with Gasteiger partial charge in [0.15, 0.2) is 0 Å². The molecule has 0 unspecified atom stereocenters. The van der Waals surface area contributed by atoms with Crippen LogP contribution in [0.3, 0.4) is 0 Å². The van der Waals surface area contributed by atoms with E-state index in [2.05, 4.69) is 0 Å². The lowest BCUT2D eigenvalue weighted by Gasteiger charge is -2.26. The number of benzene rings is 3. The summed E-state index contributed by atoms with van der Waals surface area (Å²) in [5.41, 5.74) is 2.04. The van der Waals surface area contributed by atoms with Crippen molar-refractivity contribution in [3.05, 3.63) is 95.6 Å². The second-order valence-electron chi connectivity index (χ2n) is 9.38. The summed E-state index contributed by atoms with van der Waals surface area (Å²) < 4.78 is 28.3. The topological polar surface area (TPSA) is 95.0 Å². The summed E-state index contributed by atoms with van der Waals surface area (Å²) in [6.45, 7) is 4.08. The van der Waals surface area contributed by atoms with Gasteiger partial charge in [-0.3, -0.25) is 9.59 Å². The molecule has 0 bridgehead atoms. The first-order chi connectivity index (χ1) is 17.2. The highest BCUT2D eigenvalue weighted by Crippen LogP contribution is 2.29. The number of hydrogen-bond donors (Lipinski definition) is 1. The number of aryl methyl sites for hydroxylation is 1. The summed E-state index contributed by atoms with van der Waals surface area (Å²) in [7, 11) is -3.91. The maximum absolute atomic E-state index is 13.5. The number of sulfonamides is 1. The summed E-state index contributed by atoms with van der Waals surface area (Å²) >= 11 is 0. The van der Waals surface area contributed by atoms with Gasteiger partial charge in [-0.25, -0.2) is 13.3 Å². The Morgan fingerprint density at radius 3 is 1.92 bits per heavy atom. The van der Waals surface area contributed by atoms with E-state index in [0.717, 1.165) is 10.5 Å². The number of carbonyl (C=O) groups is 2. The van der Waals surface area contributed by atoms with Crippen LogP contribution in [-0.4, -0.2) is 48.8 Å². The molecule has 0 radical (unpaired) electrons. The lowest BCUT2D eigenvalue weighted by molar-refractivity contribution is 0.0926. The molecule has 1 N–H and O–H groups in total. The van der Waals surface area contributed by atoms with Crippen molar-refractivity contribution in [2.45, 2.75) is 37.7 Å². The fourth-order valence-corrected chi connectivity index (χ4v) is 5.96. The molecule has 7 nitrogen and oxygen atoms in total. The molecule has 36 heavy (non-hydrogen) atoms. The van der Waals surface area contributed by atoms with E-state index in [1.807, 2.05) is 44.2 Å². The molecule has 4 rings (SSSR count). The van der Waals surface area contributed by atoms with E-state index >= 15 is 0 Å². The number of fused-ring (bicyclic) bond motifs is 1. The zero-order valence-corrected chi connectivity index (χ0v) is 21.2. The van der Waals surface area contributed by atoms with Gasteiger partial charge in [0.25, 0.3) is 11.8 Å². The zero-order chi connectivity index (χ0) is 25.9. The van der Waals surface area contributed by atoms with Gasteiger partial charge in [0.05, 0.1) is 27.8 Å². The Bertz CT molecular complexity index is 1300. The third-order valence-corrected chi connectivity index (χ3v) is 7.96. The van der Waals surface area contributed by atoms with Crippen molar-refractivity contribution in [1.82, 2.24) is 4.31 Å². The highest BCUT2D eigenvalue weighted by atomic mass is 32.2. The molecular formula is C28H30N2O5S. The third kappa shape index (κ3) is 5.41. The van der Waals surface area contributed by atoms with E-state index in [1.165, 1.54) is 28.6 Å². The Balaban J connectivity index is 1.51. The number of carbonyl (C=O) groups excluding carboxylic acids is 2. The van der Waals surface area contributed by atoms with E-state index in [9.17, 15) is 23.1 Å². The summed E-state index contributed by atoms with van der Waals surface area (Å²) in [5.74, 6) is -0.818. The van der Waals surface area contributed by atoms with Crippen molar-refractivity contribution in [2.24, 2.45) is 5.92 Å². The highest BCUT2D eigenvalue weighted by molar-refractivity contribution is 7.89. The highest BCUT2D eigenvalue weighted by Gasteiger charge is 2.36. The average Bonchev–Trinajstić information content (AvgIpc) is 3.12. The number of imide groups is 1. The van der Waals surface area contributed by atoms with Gasteiger partial charge in [0.2, 0.25) is 10.0 Å². The van der Waals surface area contributed by atoms with Gasteiger partial charge >= 0.3 is 0 Å². The standard InChI is InChI=1S/C28H30N2O5S/c1-20(2)18-29(19-23(31)15-12-21-8-4-3-5-9-21)36(34,35)24-16-13-22(14-17-24)30-27(32)25-10-6-7-11-26(25)28(30)33/h3-11,13-14,16-17,20,23,31H,12,15,18-19H2,1-2H3/t23-/m0/s1. The van der Waals surface area contributed by atoms with E-state index in [-0.39, 0.29) is 23.9 Å². The van der Waals surface area contributed by atoms with Crippen molar-refractivity contribution in [3.63, 3.8) is 0 Å². The van der Waals surface area contributed by atoms with Crippen LogP contribution in [0.15, 0.2) is 83.8 Å². The molecule has 1 aliphatic heterocycles. The summed E-state index contributed by atoms with van der Waals surface area (Å²) in [6.07, 6.45) is 0.260. The number of aliphatic hydroxyl groups is 1. The molecule has 1 aliphatic rings. The van der Waals surface area contributed by atoms with E-state index in [1.54, 1.807) is 24.3 Å². The molecule has 8 heteroatoms. The summed E-state index contributed by atoms with van der Waals surface area (Å²) in [6, 6.07) is 22.1. The minimum absolute atomic E-state index is 0.0203. The first-order valence-electron chi connectivity index (χ1n) is 12.0. The van der Waals surface area contributed by atoms with Crippen LogP contribution in [0.1, 0.15) is 46.5 Å². The van der Waals surface area contributed by atoms with Crippen LogP contribution in [0.2, 0.25) is 0 Å². The average molecular weight is 507 g/mol. The molecule has 0 saturated heterocycles. The van der Waals surface area contributed by atoms with Crippen LogP contribution in [-0.2, 0) is 16.4 Å². The van der Waals surface area contributed by atoms with Gasteiger partial charge in [-0.2, -0.15) is 4.31 Å². The molecule has 0 saturated carbocycles. The monoisotopic (exact) mass is 506 g/mol. The Labute approximate surface area is 212 Å². The largest absolute Gasteiger partial charge is 0.392 e. The van der Waals surface area contributed by atoms with Crippen LogP contribution in [0.5, 0.6) is 0 Å². The molecule has 3 aromatic carbocycles. The van der Waals surface area contributed by atoms with Crippen LogP contribution < -0.4 is 4.90 Å². The predicted molar refractivity (Wildman–Crippen MR) is 138 cm³/mol. The number of anilines is 1. The first kappa shape index (κ1) is 25.8. The third-order valence-electron chi connectivity index (χ3n) is 6.12. The fourth-order valence-electron chi connectivity index (χ4n) is 4.32. The van der Waals surface area contributed by atoms with Crippen LogP contribution >= 0.6 is 0 Å². The molecular weight excluding hydrogens is 476 g/mol. The maximum Gasteiger partial charge on any atom is 0.266 e. The molecule has 0 spiro atoms. The van der Waals surface area contributed by atoms with Crippen LogP contribution in [0.25, 0.3) is 0 Å². The minimum Gasteiger partial charge on any atom is -0.392 e. The van der Waals surface area contributed by atoms with Gasteiger partial charge < -0.3 is 5.11 Å². The SMILES string of the molecule is CC(C)CN(C[C@@H](O)CCc1ccccc1)S(=O)(=O)c1ccc(N2C(=O)c3ccccc3C2=O)cc1. The van der Waals surface area contributed by atoms with Crippen LogP contribution in [0.4, 0.5) is 5.69 Å². The van der Waals surface area contributed by atoms with Gasteiger partial charge in [0.1, 0.15) is 0 Å². The van der Waals surface area contributed by atoms with E-state index < -0.39 is 27.9 Å². The van der Waals surface area contributed by atoms with Crippen molar-refractivity contribution in [3.8, 4) is 0 Å². The fraction of sp³-hybridized carbons (Fsp3) is 0.286. The first-order valence-corrected chi connectivity index (χ1v) is 13.4. The molecule has 0 aliphatic carbocycles. The Morgan fingerprint density at radius 2 is 1.36 bits per heavy atom. The maximum atomic E-state index is 13.5. The lowest BCUT2D eigenvalue weighted by atomic mass is 10.1. The normalized spacial score (nSPS) is 14.5. The van der Waals surface area contributed by atoms with Gasteiger partial charge in [-0.05, 0) is 60.7 Å². The van der Waals surface area contributed by atoms with Crippen molar-refractivity contribution >= 4 is 27.5 Å². The lowest BCUT2D eigenvalue weighted by Crippen LogP contribution is -2.40. The smallest absolute Gasteiger partial charge is 0.266 e. The molecule has 0 fully saturated rings. The van der Waals surface area contributed by atoms with Crippen molar-refractivity contribution in [1.29, 1.82) is 0 Å². The molecule has 2 amide bonds. The quantitative estimate of drug-likeness (QED) is 0.417. The zero-order valence-electron chi connectivity index (χ0n) is 20.4. The molecule has 3 aromatic rings. The molecule has 1 heterocycles. The molecule has 0 aromatic heterocycles. The number of nitrogens with zero attached hydrogens (tertiary/aromatic N) is 2. The van der Waals surface area contributed by atoms with Crippen molar-refractivity contribution < 1.29 is 23.1 Å². The number of aliphatic hydroxyl groups excluding tert-OH is 1. The number of amides is 2. The van der Waals surface area contributed by atoms with Gasteiger partial charge in [0, 0.05) is 13.1 Å². The second-order valence-corrected chi connectivity index (χ2v) is 11.3. The van der Waals surface area contributed by atoms with Gasteiger partial charge in [-0.1, -0.05) is 56.3 Å². The van der Waals surface area contributed by atoms with E-state index in [4.69, 9.17) is 0 Å². The van der Waals surface area contributed by atoms with Crippen LogP contribution in [0, 0.1) is 5.92 Å². The minimum atomic E-state index is -3.91. The van der Waals surface area contributed by atoms with E-state index in [0.29, 0.717) is 29.7 Å². The Hall–Kier alpha value is -3.33.